The Kier molecular flexibility index (Phi) is 5.22. The van der Waals surface area contributed by atoms with E-state index in [0.29, 0.717) is 0 Å². The van der Waals surface area contributed by atoms with Gasteiger partial charge < -0.3 is 5.32 Å². The van der Waals surface area contributed by atoms with E-state index in [4.69, 9.17) is 0 Å². The van der Waals surface area contributed by atoms with E-state index < -0.39 is 0 Å². The van der Waals surface area contributed by atoms with Crippen molar-refractivity contribution >= 4 is 11.3 Å². The molecule has 1 saturated heterocycles. The van der Waals surface area contributed by atoms with Crippen molar-refractivity contribution in [3.05, 3.63) is 21.9 Å². The second kappa shape index (κ2) is 6.69. The lowest BCUT2D eigenvalue weighted by atomic mass is 10.0. The number of likely N-dealkylation sites (tertiary alicyclic amines) is 1. The Hall–Kier alpha value is -0.380. The van der Waals surface area contributed by atoms with Gasteiger partial charge in [0.1, 0.15) is 0 Å². The first-order chi connectivity index (χ1) is 8.70. The predicted molar refractivity (Wildman–Crippen MR) is 80.0 cm³/mol. The molecule has 0 saturated carbocycles. The zero-order valence-electron chi connectivity index (χ0n) is 11.9. The number of nitrogens with one attached hydrogen (secondary N) is 1. The third-order valence-corrected chi connectivity index (χ3v) is 4.88. The monoisotopic (exact) mass is 266 g/mol. The van der Waals surface area contributed by atoms with E-state index >= 15 is 0 Å². The van der Waals surface area contributed by atoms with Gasteiger partial charge in [-0.2, -0.15) is 0 Å². The molecule has 1 aliphatic heterocycles. The van der Waals surface area contributed by atoms with Gasteiger partial charge in [0, 0.05) is 28.9 Å². The number of thiophene rings is 1. The van der Waals surface area contributed by atoms with Crippen molar-refractivity contribution in [1.29, 1.82) is 0 Å². The Balaban J connectivity index is 1.90. The summed E-state index contributed by atoms with van der Waals surface area (Å²) in [5.74, 6) is 0.786. The lowest BCUT2D eigenvalue weighted by Crippen LogP contribution is -2.32. The highest BCUT2D eigenvalue weighted by Crippen LogP contribution is 2.27. The van der Waals surface area contributed by atoms with Crippen molar-refractivity contribution in [2.24, 2.45) is 5.92 Å². The summed E-state index contributed by atoms with van der Waals surface area (Å²) in [6, 6.07) is 5.39. The molecule has 0 bridgehead atoms. The first kappa shape index (κ1) is 14.0. The summed E-state index contributed by atoms with van der Waals surface area (Å²) in [5.41, 5.74) is 0. The molecule has 0 radical (unpaired) electrons. The van der Waals surface area contributed by atoms with Crippen LogP contribution >= 0.6 is 11.3 Å². The molecule has 1 aromatic heterocycles. The quantitative estimate of drug-likeness (QED) is 0.848. The van der Waals surface area contributed by atoms with Gasteiger partial charge in [0.15, 0.2) is 0 Å². The summed E-state index contributed by atoms with van der Waals surface area (Å²) < 4.78 is 0. The van der Waals surface area contributed by atoms with E-state index in [0.717, 1.165) is 31.6 Å². The minimum atomic E-state index is 0.786. The molecule has 0 aromatic carbocycles. The molecule has 0 spiro atoms. The van der Waals surface area contributed by atoms with E-state index in [1.165, 1.54) is 29.1 Å². The maximum Gasteiger partial charge on any atom is 0.0331 e. The Morgan fingerprint density at radius 3 is 2.89 bits per heavy atom. The molecule has 1 aromatic rings. The molecule has 1 atom stereocenters. The standard InChI is InChI=1S/C15H26N2S/c1-4-16-10-13-7-8-14(18-13)11-17-9-5-6-15(17)12(2)3/h7-8,12,15-16H,4-6,9-11H2,1-3H3. The minimum absolute atomic E-state index is 0.786. The molecular weight excluding hydrogens is 240 g/mol. The highest BCUT2D eigenvalue weighted by atomic mass is 32.1. The van der Waals surface area contributed by atoms with Crippen LogP contribution in [0.1, 0.15) is 43.4 Å². The van der Waals surface area contributed by atoms with Crippen LogP contribution in [0.15, 0.2) is 12.1 Å². The molecule has 2 rings (SSSR count). The van der Waals surface area contributed by atoms with Crippen LogP contribution in [0.5, 0.6) is 0 Å². The molecule has 1 aliphatic rings. The van der Waals surface area contributed by atoms with Gasteiger partial charge in [0.05, 0.1) is 0 Å². The summed E-state index contributed by atoms with van der Waals surface area (Å²) in [4.78, 5) is 5.66. The van der Waals surface area contributed by atoms with E-state index in [9.17, 15) is 0 Å². The maximum atomic E-state index is 3.40. The Morgan fingerprint density at radius 1 is 1.39 bits per heavy atom. The van der Waals surface area contributed by atoms with Crippen LogP contribution in [0.25, 0.3) is 0 Å². The highest BCUT2D eigenvalue weighted by molar-refractivity contribution is 7.11. The fourth-order valence-corrected chi connectivity index (χ4v) is 3.87. The van der Waals surface area contributed by atoms with Gasteiger partial charge in [-0.05, 0) is 44.0 Å². The van der Waals surface area contributed by atoms with Crippen LogP contribution in [0.3, 0.4) is 0 Å². The average molecular weight is 266 g/mol. The molecule has 0 aliphatic carbocycles. The van der Waals surface area contributed by atoms with Gasteiger partial charge in [-0.3, -0.25) is 4.90 Å². The maximum absolute atomic E-state index is 3.40. The lowest BCUT2D eigenvalue weighted by molar-refractivity contribution is 0.200. The molecule has 1 N–H and O–H groups in total. The van der Waals surface area contributed by atoms with Gasteiger partial charge >= 0.3 is 0 Å². The number of rotatable bonds is 6. The molecule has 1 fully saturated rings. The third-order valence-electron chi connectivity index (χ3n) is 3.81. The van der Waals surface area contributed by atoms with Crippen molar-refractivity contribution in [2.45, 2.75) is 52.7 Å². The lowest BCUT2D eigenvalue weighted by Gasteiger charge is -2.26. The number of nitrogens with zero attached hydrogens (tertiary/aromatic N) is 1. The van der Waals surface area contributed by atoms with Crippen LogP contribution < -0.4 is 5.32 Å². The van der Waals surface area contributed by atoms with Gasteiger partial charge in [-0.15, -0.1) is 11.3 Å². The second-order valence-corrected chi connectivity index (χ2v) is 6.83. The van der Waals surface area contributed by atoms with Crippen LogP contribution in [0.4, 0.5) is 0 Å². The van der Waals surface area contributed by atoms with Gasteiger partial charge in [-0.1, -0.05) is 20.8 Å². The smallest absolute Gasteiger partial charge is 0.0331 e. The van der Waals surface area contributed by atoms with E-state index in [1.807, 2.05) is 11.3 Å². The van der Waals surface area contributed by atoms with Crippen molar-refractivity contribution < 1.29 is 0 Å². The fourth-order valence-electron chi connectivity index (χ4n) is 2.85. The number of hydrogen-bond acceptors (Lipinski definition) is 3. The van der Waals surface area contributed by atoms with Crippen molar-refractivity contribution in [3.8, 4) is 0 Å². The topological polar surface area (TPSA) is 15.3 Å². The van der Waals surface area contributed by atoms with Gasteiger partial charge in [-0.25, -0.2) is 0 Å². The molecule has 0 amide bonds. The Morgan fingerprint density at radius 2 is 2.17 bits per heavy atom. The van der Waals surface area contributed by atoms with E-state index in [-0.39, 0.29) is 0 Å². The average Bonchev–Trinajstić information content (AvgIpc) is 2.96. The summed E-state index contributed by atoms with van der Waals surface area (Å²) in [5, 5.41) is 3.40. The van der Waals surface area contributed by atoms with Crippen LogP contribution in [0.2, 0.25) is 0 Å². The summed E-state index contributed by atoms with van der Waals surface area (Å²) >= 11 is 1.97. The largest absolute Gasteiger partial charge is 0.312 e. The second-order valence-electron chi connectivity index (χ2n) is 5.57. The zero-order chi connectivity index (χ0) is 13.0. The van der Waals surface area contributed by atoms with Crippen LogP contribution in [-0.2, 0) is 13.1 Å². The van der Waals surface area contributed by atoms with E-state index in [1.54, 1.807) is 0 Å². The minimum Gasteiger partial charge on any atom is -0.312 e. The predicted octanol–water partition coefficient (Wildman–Crippen LogP) is 3.48. The molecule has 102 valence electrons. The van der Waals surface area contributed by atoms with Crippen molar-refractivity contribution in [1.82, 2.24) is 10.2 Å². The zero-order valence-corrected chi connectivity index (χ0v) is 12.7. The summed E-state index contributed by atoms with van der Waals surface area (Å²) in [6.07, 6.45) is 2.76. The Bertz CT molecular complexity index is 359. The molecule has 2 nitrogen and oxygen atoms in total. The molecule has 2 heterocycles. The Labute approximate surface area is 115 Å². The van der Waals surface area contributed by atoms with Gasteiger partial charge in [0.2, 0.25) is 0 Å². The third kappa shape index (κ3) is 3.56. The SMILES string of the molecule is CCNCc1ccc(CN2CCCC2C(C)C)s1. The molecular formula is C15H26N2S. The van der Waals surface area contributed by atoms with E-state index in [2.05, 4.69) is 43.1 Å². The normalized spacial score (nSPS) is 21.0. The molecule has 1 unspecified atom stereocenters. The van der Waals surface area contributed by atoms with Gasteiger partial charge in [0.25, 0.3) is 0 Å². The fraction of sp³-hybridized carbons (Fsp3) is 0.733. The molecule has 3 heteroatoms. The first-order valence-electron chi connectivity index (χ1n) is 7.23. The summed E-state index contributed by atoms with van der Waals surface area (Å²) in [6.45, 7) is 11.4. The molecule has 18 heavy (non-hydrogen) atoms. The highest BCUT2D eigenvalue weighted by Gasteiger charge is 2.27. The van der Waals surface area contributed by atoms with Crippen LogP contribution in [0, 0.1) is 5.92 Å². The number of hydrogen-bond donors (Lipinski definition) is 1. The van der Waals surface area contributed by atoms with Crippen molar-refractivity contribution in [3.63, 3.8) is 0 Å². The van der Waals surface area contributed by atoms with Crippen LogP contribution in [-0.4, -0.2) is 24.0 Å². The first-order valence-corrected chi connectivity index (χ1v) is 8.04. The van der Waals surface area contributed by atoms with Crippen molar-refractivity contribution in [2.75, 3.05) is 13.1 Å². The summed E-state index contributed by atoms with van der Waals surface area (Å²) in [7, 11) is 0.